The van der Waals surface area contributed by atoms with Crippen molar-refractivity contribution >= 4 is 60.0 Å². The Morgan fingerprint density at radius 2 is 1.44 bits per heavy atom. The van der Waals surface area contributed by atoms with Gasteiger partial charge in [-0.25, -0.2) is 0 Å². The molecule has 4 heterocycles. The highest BCUT2D eigenvalue weighted by molar-refractivity contribution is 6.32. The van der Waals surface area contributed by atoms with Crippen molar-refractivity contribution < 1.29 is 4.42 Å². The highest BCUT2D eigenvalue weighted by atomic mass is 16.3. The zero-order chi connectivity index (χ0) is 20.8. The van der Waals surface area contributed by atoms with Crippen LogP contribution in [0.15, 0.2) is 102 Å². The molecule has 3 nitrogen and oxygen atoms in total. The number of nitrogens with zero attached hydrogens (tertiary/aromatic N) is 2. The van der Waals surface area contributed by atoms with E-state index in [1.54, 1.807) is 0 Å². The molecule has 4 aromatic carbocycles. The number of rotatable bonds is 1. The highest BCUT2D eigenvalue weighted by Crippen LogP contribution is 2.45. The molecule has 32 heavy (non-hydrogen) atoms. The third-order valence-electron chi connectivity index (χ3n) is 6.77. The topological polar surface area (TPSA) is 30.4 Å². The Kier molecular flexibility index (Phi) is 2.89. The van der Waals surface area contributed by atoms with Crippen molar-refractivity contribution in [3.8, 4) is 11.3 Å². The summed E-state index contributed by atoms with van der Waals surface area (Å²) in [6.45, 7) is 0. The monoisotopic (exact) mass is 408 g/mol. The van der Waals surface area contributed by atoms with Crippen LogP contribution in [0, 0.1) is 0 Å². The number of fused-ring (bicyclic) bond motifs is 10. The van der Waals surface area contributed by atoms with Gasteiger partial charge in [0, 0.05) is 38.7 Å². The molecule has 0 fully saturated rings. The predicted octanol–water partition coefficient (Wildman–Crippen LogP) is 7.80. The first-order chi connectivity index (χ1) is 15.9. The summed E-state index contributed by atoms with van der Waals surface area (Å²) in [5, 5.41) is 7.25. The van der Waals surface area contributed by atoms with Crippen LogP contribution in [0.3, 0.4) is 0 Å². The molecule has 0 N–H and O–H groups in total. The lowest BCUT2D eigenvalue weighted by Crippen LogP contribution is -1.83. The largest absolute Gasteiger partial charge is 0.455 e. The summed E-state index contributed by atoms with van der Waals surface area (Å²) >= 11 is 0. The fourth-order valence-electron chi connectivity index (χ4n) is 5.43. The van der Waals surface area contributed by atoms with Gasteiger partial charge in [0.2, 0.25) is 0 Å². The van der Waals surface area contributed by atoms with Crippen molar-refractivity contribution in [3.63, 3.8) is 0 Å². The molecule has 0 aliphatic carbocycles. The molecule has 0 saturated heterocycles. The van der Waals surface area contributed by atoms with E-state index < -0.39 is 0 Å². The van der Waals surface area contributed by atoms with Gasteiger partial charge in [0.15, 0.2) is 0 Å². The predicted molar refractivity (Wildman–Crippen MR) is 132 cm³/mol. The lowest BCUT2D eigenvalue weighted by Gasteiger charge is -2.03. The van der Waals surface area contributed by atoms with Crippen molar-refractivity contribution in [2.75, 3.05) is 0 Å². The van der Waals surface area contributed by atoms with E-state index in [9.17, 15) is 0 Å². The second-order valence-corrected chi connectivity index (χ2v) is 8.42. The molecule has 0 saturated carbocycles. The zero-order valence-corrected chi connectivity index (χ0v) is 17.0. The summed E-state index contributed by atoms with van der Waals surface area (Å²) in [6, 6.07) is 32.0. The number of pyridine rings is 1. The van der Waals surface area contributed by atoms with Crippen LogP contribution in [0.4, 0.5) is 0 Å². The Bertz CT molecular complexity index is 1980. The molecule has 148 valence electrons. The Morgan fingerprint density at radius 3 is 2.34 bits per heavy atom. The van der Waals surface area contributed by atoms with Gasteiger partial charge in [-0.1, -0.05) is 48.5 Å². The number of benzene rings is 4. The third-order valence-corrected chi connectivity index (χ3v) is 6.77. The molecule has 3 heteroatoms. The van der Waals surface area contributed by atoms with Gasteiger partial charge >= 0.3 is 0 Å². The van der Waals surface area contributed by atoms with E-state index in [4.69, 9.17) is 4.42 Å². The number of aromatic nitrogens is 2. The summed E-state index contributed by atoms with van der Waals surface area (Å²) in [7, 11) is 0. The number of hydrogen-bond acceptors (Lipinski definition) is 2. The molecule has 4 aromatic heterocycles. The fraction of sp³-hybridized carbons (Fsp3) is 0. The maximum Gasteiger partial charge on any atom is 0.145 e. The standard InChI is InChI=1S/C29H16N2O/c1-3-10-24-18(7-1)20-16-21-19-8-2-4-11-26(19)32-29(21)27-22-15-17(23-9-5-6-14-30-23)12-13-25(22)31(24)28(20)27/h1-16H. The molecule has 0 aliphatic heterocycles. The van der Waals surface area contributed by atoms with Gasteiger partial charge in [0.05, 0.1) is 27.6 Å². The Morgan fingerprint density at radius 1 is 0.625 bits per heavy atom. The van der Waals surface area contributed by atoms with Gasteiger partial charge in [0.25, 0.3) is 0 Å². The van der Waals surface area contributed by atoms with Crippen LogP contribution in [-0.4, -0.2) is 9.38 Å². The molecule has 0 bridgehead atoms. The number of para-hydroxylation sites is 2. The van der Waals surface area contributed by atoms with Crippen LogP contribution in [0.1, 0.15) is 0 Å². The van der Waals surface area contributed by atoms with E-state index in [1.807, 2.05) is 24.4 Å². The van der Waals surface area contributed by atoms with Crippen molar-refractivity contribution in [3.05, 3.63) is 97.2 Å². The summed E-state index contributed by atoms with van der Waals surface area (Å²) in [5.41, 5.74) is 7.62. The van der Waals surface area contributed by atoms with Crippen LogP contribution in [0.5, 0.6) is 0 Å². The number of hydrogen-bond donors (Lipinski definition) is 0. The van der Waals surface area contributed by atoms with Crippen molar-refractivity contribution in [1.29, 1.82) is 0 Å². The van der Waals surface area contributed by atoms with Gasteiger partial charge < -0.3 is 8.82 Å². The first kappa shape index (κ1) is 16.3. The minimum absolute atomic E-state index is 0.927. The van der Waals surface area contributed by atoms with Crippen LogP contribution < -0.4 is 0 Å². The summed E-state index contributed by atoms with van der Waals surface area (Å²) in [5.74, 6) is 0. The van der Waals surface area contributed by atoms with E-state index >= 15 is 0 Å². The lowest BCUT2D eigenvalue weighted by molar-refractivity contribution is 0.673. The number of furan rings is 1. The van der Waals surface area contributed by atoms with Gasteiger partial charge in [-0.2, -0.15) is 0 Å². The van der Waals surface area contributed by atoms with Crippen molar-refractivity contribution in [2.24, 2.45) is 0 Å². The van der Waals surface area contributed by atoms with Crippen molar-refractivity contribution in [1.82, 2.24) is 9.38 Å². The second kappa shape index (κ2) is 5.65. The molecular weight excluding hydrogens is 392 g/mol. The molecule has 0 spiro atoms. The minimum atomic E-state index is 0.927. The molecule has 0 unspecified atom stereocenters. The second-order valence-electron chi connectivity index (χ2n) is 8.42. The zero-order valence-electron chi connectivity index (χ0n) is 17.0. The third kappa shape index (κ3) is 1.89. The molecule has 0 aliphatic rings. The van der Waals surface area contributed by atoms with Gasteiger partial charge in [-0.15, -0.1) is 0 Å². The van der Waals surface area contributed by atoms with E-state index in [0.717, 1.165) is 27.8 Å². The van der Waals surface area contributed by atoms with Gasteiger partial charge in [-0.05, 0) is 42.5 Å². The fourth-order valence-corrected chi connectivity index (χ4v) is 5.43. The summed E-state index contributed by atoms with van der Waals surface area (Å²) in [4.78, 5) is 4.58. The first-order valence-electron chi connectivity index (χ1n) is 10.8. The van der Waals surface area contributed by atoms with E-state index in [-0.39, 0.29) is 0 Å². The Balaban J connectivity index is 1.67. The SMILES string of the molecule is c1ccc(-c2ccc3c(c2)c2c4oc5ccccc5c4cc4c5ccccc5n3c42)nc1. The summed E-state index contributed by atoms with van der Waals surface area (Å²) in [6.07, 6.45) is 1.84. The van der Waals surface area contributed by atoms with E-state index in [2.05, 4.69) is 82.2 Å². The average Bonchev–Trinajstić information content (AvgIpc) is 3.50. The molecule has 0 amide bonds. The maximum absolute atomic E-state index is 6.49. The minimum Gasteiger partial charge on any atom is -0.455 e. The molecule has 0 radical (unpaired) electrons. The maximum atomic E-state index is 6.49. The Labute approximate surface area is 182 Å². The molecule has 0 atom stereocenters. The quantitative estimate of drug-likeness (QED) is 0.277. The smallest absolute Gasteiger partial charge is 0.145 e. The lowest BCUT2D eigenvalue weighted by atomic mass is 10.0. The average molecular weight is 408 g/mol. The molecule has 8 aromatic rings. The molecular formula is C29H16N2O. The Hall–Kier alpha value is -4.37. The van der Waals surface area contributed by atoms with Crippen LogP contribution in [0.2, 0.25) is 0 Å². The van der Waals surface area contributed by atoms with Crippen LogP contribution >= 0.6 is 0 Å². The first-order valence-corrected chi connectivity index (χ1v) is 10.8. The van der Waals surface area contributed by atoms with Crippen molar-refractivity contribution in [2.45, 2.75) is 0 Å². The van der Waals surface area contributed by atoms with Crippen LogP contribution in [0.25, 0.3) is 71.3 Å². The van der Waals surface area contributed by atoms with Gasteiger partial charge in [-0.3, -0.25) is 4.98 Å². The molecule has 8 rings (SSSR count). The summed E-state index contributed by atoms with van der Waals surface area (Å²) < 4.78 is 8.88. The van der Waals surface area contributed by atoms with Gasteiger partial charge in [0.1, 0.15) is 11.2 Å². The van der Waals surface area contributed by atoms with E-state index in [0.29, 0.717) is 0 Å². The van der Waals surface area contributed by atoms with Crippen LogP contribution in [-0.2, 0) is 0 Å². The highest BCUT2D eigenvalue weighted by Gasteiger charge is 2.23. The normalized spacial score (nSPS) is 12.4. The van der Waals surface area contributed by atoms with E-state index in [1.165, 1.54) is 43.5 Å².